The van der Waals surface area contributed by atoms with E-state index in [1.165, 1.54) is 4.90 Å². The van der Waals surface area contributed by atoms with Crippen molar-refractivity contribution in [1.82, 2.24) is 4.90 Å². The van der Waals surface area contributed by atoms with Crippen molar-refractivity contribution in [3.63, 3.8) is 0 Å². The number of carbonyl (C=O) groups excluding carboxylic acids is 1. The predicted octanol–water partition coefficient (Wildman–Crippen LogP) is 3.30. The molecule has 1 aliphatic rings. The smallest absolute Gasteiger partial charge is 0.321 e. The lowest BCUT2D eigenvalue weighted by atomic mass is 9.91. The van der Waals surface area contributed by atoms with Crippen LogP contribution in [-0.2, 0) is 4.79 Å². The van der Waals surface area contributed by atoms with E-state index in [-0.39, 0.29) is 22.6 Å². The van der Waals surface area contributed by atoms with Crippen molar-refractivity contribution in [3.05, 3.63) is 28.2 Å². The molecule has 1 aromatic carbocycles. The zero-order chi connectivity index (χ0) is 16.4. The fraction of sp³-hybridized carbons (Fsp3) is 0.429. The molecule has 0 spiro atoms. The third-order valence-corrected chi connectivity index (χ3v) is 4.29. The average Bonchev–Trinajstić information content (AvgIpc) is 2.43. The number of nitrogens with one attached hydrogen (secondary N) is 1. The van der Waals surface area contributed by atoms with E-state index in [9.17, 15) is 18.4 Å². The second-order valence-electron chi connectivity index (χ2n) is 5.47. The Balaban J connectivity index is 2.10. The van der Waals surface area contributed by atoms with Crippen LogP contribution in [0, 0.1) is 23.5 Å². The predicted molar refractivity (Wildman–Crippen MR) is 79.6 cm³/mol. The molecule has 2 unspecified atom stereocenters. The topological polar surface area (TPSA) is 69.6 Å². The molecular formula is C14H15BrF2N2O3. The minimum atomic E-state index is -0.954. The summed E-state index contributed by atoms with van der Waals surface area (Å²) in [6.45, 7) is 2.33. The van der Waals surface area contributed by atoms with Crippen LogP contribution < -0.4 is 5.32 Å². The molecule has 120 valence electrons. The maximum absolute atomic E-state index is 13.4. The maximum atomic E-state index is 13.4. The van der Waals surface area contributed by atoms with Gasteiger partial charge in [-0.05, 0) is 40.4 Å². The third kappa shape index (κ3) is 3.73. The van der Waals surface area contributed by atoms with Gasteiger partial charge in [0.15, 0.2) is 0 Å². The molecule has 8 heteroatoms. The number of anilines is 1. The van der Waals surface area contributed by atoms with Crippen molar-refractivity contribution in [2.24, 2.45) is 11.8 Å². The van der Waals surface area contributed by atoms with E-state index in [1.54, 1.807) is 0 Å². The van der Waals surface area contributed by atoms with Crippen LogP contribution in [0.3, 0.4) is 0 Å². The molecule has 22 heavy (non-hydrogen) atoms. The SMILES string of the molecule is CC1CC(C(=O)O)CN(C(=O)Nc2cc(F)c(Br)c(F)c2)C1. The van der Waals surface area contributed by atoms with E-state index in [1.807, 2.05) is 6.92 Å². The summed E-state index contributed by atoms with van der Waals surface area (Å²) in [5.74, 6) is -3.20. The molecular weight excluding hydrogens is 362 g/mol. The first-order chi connectivity index (χ1) is 10.3. The van der Waals surface area contributed by atoms with Gasteiger partial charge in [-0.15, -0.1) is 0 Å². The number of carboxylic acids is 1. The molecule has 1 fully saturated rings. The summed E-state index contributed by atoms with van der Waals surface area (Å²) >= 11 is 2.75. The number of hydrogen-bond donors (Lipinski definition) is 2. The van der Waals surface area contributed by atoms with Crippen LogP contribution in [0.4, 0.5) is 19.3 Å². The first-order valence-electron chi connectivity index (χ1n) is 6.71. The highest BCUT2D eigenvalue weighted by Gasteiger charge is 2.32. The van der Waals surface area contributed by atoms with E-state index in [0.717, 1.165) is 12.1 Å². The minimum absolute atomic E-state index is 0.0201. The van der Waals surface area contributed by atoms with Crippen LogP contribution in [0.2, 0.25) is 0 Å². The van der Waals surface area contributed by atoms with E-state index >= 15 is 0 Å². The lowest BCUT2D eigenvalue weighted by molar-refractivity contribution is -0.143. The molecule has 2 atom stereocenters. The first-order valence-corrected chi connectivity index (χ1v) is 7.50. The molecule has 1 heterocycles. The van der Waals surface area contributed by atoms with Gasteiger partial charge in [-0.2, -0.15) is 0 Å². The molecule has 0 aliphatic carbocycles. The van der Waals surface area contributed by atoms with Crippen molar-refractivity contribution in [1.29, 1.82) is 0 Å². The largest absolute Gasteiger partial charge is 0.481 e. The Morgan fingerprint density at radius 3 is 2.45 bits per heavy atom. The first kappa shape index (κ1) is 16.7. The van der Waals surface area contributed by atoms with Gasteiger partial charge in [0.25, 0.3) is 0 Å². The van der Waals surface area contributed by atoms with Gasteiger partial charge in [0.1, 0.15) is 11.6 Å². The van der Waals surface area contributed by atoms with Crippen molar-refractivity contribution >= 4 is 33.6 Å². The Kier molecular flexibility index (Phi) is 5.00. The molecule has 0 radical (unpaired) electrons. The molecule has 2 rings (SSSR count). The normalized spacial score (nSPS) is 21.5. The minimum Gasteiger partial charge on any atom is -0.481 e. The Morgan fingerprint density at radius 1 is 1.32 bits per heavy atom. The van der Waals surface area contributed by atoms with Crippen LogP contribution in [0.1, 0.15) is 13.3 Å². The van der Waals surface area contributed by atoms with Crippen LogP contribution in [0.25, 0.3) is 0 Å². The monoisotopic (exact) mass is 376 g/mol. The quantitative estimate of drug-likeness (QED) is 0.778. The standard InChI is InChI=1S/C14H15BrF2N2O3/c1-7-2-8(13(20)21)6-19(5-7)14(22)18-9-3-10(16)12(15)11(17)4-9/h3-4,7-8H,2,5-6H2,1H3,(H,18,22)(H,20,21). The van der Waals surface area contributed by atoms with Gasteiger partial charge < -0.3 is 15.3 Å². The number of halogens is 3. The van der Waals surface area contributed by atoms with Crippen molar-refractivity contribution in [2.75, 3.05) is 18.4 Å². The molecule has 1 aliphatic heterocycles. The zero-order valence-electron chi connectivity index (χ0n) is 11.8. The van der Waals surface area contributed by atoms with Gasteiger partial charge in [0.2, 0.25) is 0 Å². The Labute approximate surface area is 134 Å². The number of rotatable bonds is 2. The van der Waals surface area contributed by atoms with Crippen LogP contribution in [0.15, 0.2) is 16.6 Å². The number of urea groups is 1. The molecule has 0 saturated carbocycles. The summed E-state index contributed by atoms with van der Waals surface area (Å²) < 4.78 is 26.6. The Morgan fingerprint density at radius 2 is 1.91 bits per heavy atom. The Bertz CT molecular complexity index is 589. The number of likely N-dealkylation sites (tertiary alicyclic amines) is 1. The fourth-order valence-electron chi connectivity index (χ4n) is 2.53. The molecule has 2 N–H and O–H groups in total. The lowest BCUT2D eigenvalue weighted by Gasteiger charge is -2.34. The number of carbonyl (C=O) groups is 2. The molecule has 5 nitrogen and oxygen atoms in total. The van der Waals surface area contributed by atoms with E-state index in [4.69, 9.17) is 5.11 Å². The lowest BCUT2D eigenvalue weighted by Crippen LogP contribution is -2.47. The van der Waals surface area contributed by atoms with Gasteiger partial charge in [-0.1, -0.05) is 6.92 Å². The van der Waals surface area contributed by atoms with E-state index < -0.39 is 29.6 Å². The summed E-state index contributed by atoms with van der Waals surface area (Å²) in [5.41, 5.74) is -0.0201. The average molecular weight is 377 g/mol. The maximum Gasteiger partial charge on any atom is 0.321 e. The van der Waals surface area contributed by atoms with Crippen molar-refractivity contribution in [2.45, 2.75) is 13.3 Å². The number of carboxylic acid groups (broad SMARTS) is 1. The van der Waals surface area contributed by atoms with Gasteiger partial charge in [0.05, 0.1) is 10.4 Å². The summed E-state index contributed by atoms with van der Waals surface area (Å²) in [4.78, 5) is 24.6. The van der Waals surface area contributed by atoms with Crippen LogP contribution in [0.5, 0.6) is 0 Å². The number of amides is 2. The van der Waals surface area contributed by atoms with Gasteiger partial charge in [-0.3, -0.25) is 4.79 Å². The van der Waals surface area contributed by atoms with E-state index in [0.29, 0.717) is 13.0 Å². The third-order valence-electron chi connectivity index (χ3n) is 3.53. The highest BCUT2D eigenvalue weighted by atomic mass is 79.9. The number of aliphatic carboxylic acids is 1. The van der Waals surface area contributed by atoms with Gasteiger partial charge in [-0.25, -0.2) is 13.6 Å². The second-order valence-corrected chi connectivity index (χ2v) is 6.26. The number of piperidine rings is 1. The molecule has 1 aromatic rings. The summed E-state index contributed by atoms with van der Waals surface area (Å²) in [5, 5.41) is 11.5. The van der Waals surface area contributed by atoms with Gasteiger partial charge >= 0.3 is 12.0 Å². The number of hydrogen-bond acceptors (Lipinski definition) is 2. The number of benzene rings is 1. The molecule has 1 saturated heterocycles. The van der Waals surface area contributed by atoms with Crippen molar-refractivity contribution < 1.29 is 23.5 Å². The van der Waals surface area contributed by atoms with Crippen LogP contribution >= 0.6 is 15.9 Å². The summed E-state index contributed by atoms with van der Waals surface area (Å²) in [6, 6.07) is 1.42. The summed E-state index contributed by atoms with van der Waals surface area (Å²) in [6.07, 6.45) is 0.501. The molecule has 2 amide bonds. The van der Waals surface area contributed by atoms with Gasteiger partial charge in [0, 0.05) is 18.8 Å². The highest BCUT2D eigenvalue weighted by molar-refractivity contribution is 9.10. The van der Waals surface area contributed by atoms with E-state index in [2.05, 4.69) is 21.2 Å². The van der Waals surface area contributed by atoms with Crippen molar-refractivity contribution in [3.8, 4) is 0 Å². The zero-order valence-corrected chi connectivity index (χ0v) is 13.4. The Hall–Kier alpha value is -1.70. The highest BCUT2D eigenvalue weighted by Crippen LogP contribution is 2.25. The molecule has 0 aromatic heterocycles. The van der Waals surface area contributed by atoms with Crippen LogP contribution in [-0.4, -0.2) is 35.1 Å². The number of nitrogens with zero attached hydrogens (tertiary/aromatic N) is 1. The molecule has 0 bridgehead atoms. The summed E-state index contributed by atoms with van der Waals surface area (Å²) in [7, 11) is 0. The fourth-order valence-corrected chi connectivity index (χ4v) is 2.76. The second kappa shape index (κ2) is 6.60.